The Morgan fingerprint density at radius 2 is 1.82 bits per heavy atom. The number of furan rings is 1. The second-order valence-corrected chi connectivity index (χ2v) is 7.50. The summed E-state index contributed by atoms with van der Waals surface area (Å²) in [5, 5.41) is 1.75. The fourth-order valence-corrected chi connectivity index (χ4v) is 3.49. The first-order chi connectivity index (χ1) is 13.6. The highest BCUT2D eigenvalue weighted by Crippen LogP contribution is 2.18. The van der Waals surface area contributed by atoms with Crippen LogP contribution in [0.4, 0.5) is 0 Å². The van der Waals surface area contributed by atoms with Gasteiger partial charge in [-0.05, 0) is 60.3 Å². The van der Waals surface area contributed by atoms with Crippen LogP contribution in [0.25, 0.3) is 10.9 Å². The molecule has 0 aliphatic heterocycles. The Kier molecular flexibility index (Phi) is 5.33. The van der Waals surface area contributed by atoms with E-state index in [0.29, 0.717) is 24.7 Å². The van der Waals surface area contributed by atoms with Crippen molar-refractivity contribution in [1.82, 2.24) is 9.88 Å². The average Bonchev–Trinajstić information content (AvgIpc) is 3.17. The Morgan fingerprint density at radius 3 is 2.57 bits per heavy atom. The molecule has 0 saturated carbocycles. The lowest BCUT2D eigenvalue weighted by Gasteiger charge is -2.21. The fraction of sp³-hybridized carbons (Fsp3) is 0.174. The van der Waals surface area contributed by atoms with E-state index in [-0.39, 0.29) is 5.56 Å². The quantitative estimate of drug-likeness (QED) is 0.485. The number of hydrogen-bond acceptors (Lipinski definition) is 3. The van der Waals surface area contributed by atoms with Gasteiger partial charge in [0.05, 0.1) is 12.8 Å². The molecule has 2 heterocycles. The van der Waals surface area contributed by atoms with E-state index in [1.54, 1.807) is 6.26 Å². The van der Waals surface area contributed by atoms with Gasteiger partial charge in [-0.25, -0.2) is 0 Å². The van der Waals surface area contributed by atoms with Crippen LogP contribution in [-0.4, -0.2) is 9.88 Å². The molecule has 4 rings (SSSR count). The molecule has 0 atom stereocenters. The third-order valence-corrected chi connectivity index (χ3v) is 5.00. The Balaban J connectivity index is 1.64. The fourth-order valence-electron chi connectivity index (χ4n) is 3.37. The first kappa shape index (κ1) is 18.5. The number of hydrogen-bond donors (Lipinski definition) is 1. The highest BCUT2D eigenvalue weighted by atomic mass is 35.5. The molecule has 0 radical (unpaired) electrons. The van der Waals surface area contributed by atoms with Crippen molar-refractivity contribution in [1.29, 1.82) is 0 Å². The minimum absolute atomic E-state index is 0.0584. The van der Waals surface area contributed by atoms with Gasteiger partial charge in [-0.3, -0.25) is 9.69 Å². The molecule has 0 aliphatic carbocycles. The SMILES string of the molecule is Cc1ccc2[nH]c(=O)c(CN(Cc3ccc(Cl)cc3)Cc3ccco3)cc2c1. The predicted molar refractivity (Wildman–Crippen MR) is 112 cm³/mol. The highest BCUT2D eigenvalue weighted by Gasteiger charge is 2.13. The van der Waals surface area contributed by atoms with E-state index in [2.05, 4.69) is 16.0 Å². The van der Waals surface area contributed by atoms with Crippen LogP contribution in [0.5, 0.6) is 0 Å². The van der Waals surface area contributed by atoms with Gasteiger partial charge in [-0.1, -0.05) is 35.4 Å². The van der Waals surface area contributed by atoms with Crippen LogP contribution >= 0.6 is 11.6 Å². The molecule has 0 amide bonds. The molecule has 2 aromatic heterocycles. The summed E-state index contributed by atoms with van der Waals surface area (Å²) in [5.74, 6) is 0.863. The summed E-state index contributed by atoms with van der Waals surface area (Å²) < 4.78 is 5.53. The molecule has 142 valence electrons. The summed E-state index contributed by atoms with van der Waals surface area (Å²) in [6.45, 7) is 3.86. The molecule has 2 aromatic carbocycles. The molecule has 0 spiro atoms. The maximum Gasteiger partial charge on any atom is 0.252 e. The summed E-state index contributed by atoms with van der Waals surface area (Å²) >= 11 is 6.01. The van der Waals surface area contributed by atoms with Crippen LogP contribution in [0.15, 0.2) is 76.1 Å². The normalized spacial score (nSPS) is 11.4. The Hall–Kier alpha value is -2.82. The highest BCUT2D eigenvalue weighted by molar-refractivity contribution is 6.30. The van der Waals surface area contributed by atoms with Crippen LogP contribution < -0.4 is 5.56 Å². The number of H-pyrrole nitrogens is 1. The zero-order valence-electron chi connectivity index (χ0n) is 15.6. The van der Waals surface area contributed by atoms with Crippen LogP contribution in [-0.2, 0) is 19.6 Å². The Bertz CT molecular complexity index is 1130. The van der Waals surface area contributed by atoms with Gasteiger partial charge in [-0.2, -0.15) is 0 Å². The zero-order chi connectivity index (χ0) is 19.5. The molecule has 0 aliphatic rings. The van der Waals surface area contributed by atoms with Gasteiger partial charge in [0.2, 0.25) is 0 Å². The van der Waals surface area contributed by atoms with Crippen LogP contribution in [0.1, 0.15) is 22.5 Å². The van der Waals surface area contributed by atoms with Gasteiger partial charge in [0.25, 0.3) is 5.56 Å². The van der Waals surface area contributed by atoms with Crippen molar-refractivity contribution in [2.24, 2.45) is 0 Å². The van der Waals surface area contributed by atoms with E-state index in [4.69, 9.17) is 16.0 Å². The molecular formula is C23H21ClN2O2. The molecule has 0 saturated heterocycles. The van der Waals surface area contributed by atoms with E-state index in [9.17, 15) is 4.79 Å². The van der Waals surface area contributed by atoms with E-state index in [0.717, 1.165) is 27.8 Å². The number of pyridine rings is 1. The lowest BCUT2D eigenvalue weighted by atomic mass is 10.1. The lowest BCUT2D eigenvalue weighted by molar-refractivity contribution is 0.226. The van der Waals surface area contributed by atoms with Crippen molar-refractivity contribution in [3.05, 3.63) is 105 Å². The molecule has 4 aromatic rings. The number of benzene rings is 2. The van der Waals surface area contributed by atoms with E-state index < -0.39 is 0 Å². The predicted octanol–water partition coefficient (Wildman–Crippen LogP) is 5.29. The van der Waals surface area contributed by atoms with E-state index >= 15 is 0 Å². The van der Waals surface area contributed by atoms with Gasteiger partial charge >= 0.3 is 0 Å². The number of fused-ring (bicyclic) bond motifs is 1. The zero-order valence-corrected chi connectivity index (χ0v) is 16.4. The average molecular weight is 393 g/mol. The number of aromatic amines is 1. The summed E-state index contributed by atoms with van der Waals surface area (Å²) in [6.07, 6.45) is 1.67. The van der Waals surface area contributed by atoms with Gasteiger partial charge < -0.3 is 9.40 Å². The second-order valence-electron chi connectivity index (χ2n) is 7.07. The van der Waals surface area contributed by atoms with Crippen molar-refractivity contribution >= 4 is 22.5 Å². The first-order valence-corrected chi connectivity index (χ1v) is 9.56. The molecule has 4 nitrogen and oxygen atoms in total. The Morgan fingerprint density at radius 1 is 1.00 bits per heavy atom. The summed E-state index contributed by atoms with van der Waals surface area (Å²) in [4.78, 5) is 17.8. The number of aromatic nitrogens is 1. The number of rotatable bonds is 6. The molecular weight excluding hydrogens is 372 g/mol. The van der Waals surface area contributed by atoms with Crippen molar-refractivity contribution in [3.63, 3.8) is 0 Å². The van der Waals surface area contributed by atoms with Crippen LogP contribution in [0.3, 0.4) is 0 Å². The standard InChI is InChI=1S/C23H21ClN2O2/c1-16-4-9-22-18(11-16)12-19(23(27)25-22)14-26(15-21-3-2-10-28-21)13-17-5-7-20(24)8-6-17/h2-12H,13-15H2,1H3,(H,25,27). The van der Waals surface area contributed by atoms with Gasteiger partial charge in [0, 0.05) is 29.2 Å². The van der Waals surface area contributed by atoms with Crippen molar-refractivity contribution < 1.29 is 4.42 Å². The van der Waals surface area contributed by atoms with Crippen LogP contribution in [0.2, 0.25) is 5.02 Å². The third kappa shape index (κ3) is 4.35. The van der Waals surface area contributed by atoms with Gasteiger partial charge in [-0.15, -0.1) is 0 Å². The second kappa shape index (κ2) is 8.05. The number of nitrogens with one attached hydrogen (secondary N) is 1. The maximum absolute atomic E-state index is 12.6. The van der Waals surface area contributed by atoms with Crippen molar-refractivity contribution in [2.45, 2.75) is 26.6 Å². The lowest BCUT2D eigenvalue weighted by Crippen LogP contribution is -2.26. The number of aryl methyl sites for hydroxylation is 1. The molecule has 0 bridgehead atoms. The minimum atomic E-state index is -0.0584. The summed E-state index contributed by atoms with van der Waals surface area (Å²) in [5.41, 5.74) is 3.83. The van der Waals surface area contributed by atoms with Crippen molar-refractivity contribution in [2.75, 3.05) is 0 Å². The third-order valence-electron chi connectivity index (χ3n) is 4.75. The van der Waals surface area contributed by atoms with Gasteiger partial charge in [0.15, 0.2) is 0 Å². The number of halogens is 1. The Labute approximate surface area is 168 Å². The number of nitrogens with zero attached hydrogens (tertiary/aromatic N) is 1. The molecule has 5 heteroatoms. The summed E-state index contributed by atoms with van der Waals surface area (Å²) in [7, 11) is 0. The molecule has 0 unspecified atom stereocenters. The van der Waals surface area contributed by atoms with Crippen molar-refractivity contribution in [3.8, 4) is 0 Å². The van der Waals surface area contributed by atoms with Gasteiger partial charge in [0.1, 0.15) is 5.76 Å². The maximum atomic E-state index is 12.6. The summed E-state index contributed by atoms with van der Waals surface area (Å²) in [6, 6.07) is 19.6. The molecule has 28 heavy (non-hydrogen) atoms. The monoisotopic (exact) mass is 392 g/mol. The molecule has 0 fully saturated rings. The first-order valence-electron chi connectivity index (χ1n) is 9.18. The van der Waals surface area contributed by atoms with Crippen LogP contribution in [0, 0.1) is 6.92 Å². The minimum Gasteiger partial charge on any atom is -0.468 e. The van der Waals surface area contributed by atoms with E-state index in [1.807, 2.05) is 61.5 Å². The molecule has 1 N–H and O–H groups in total. The largest absolute Gasteiger partial charge is 0.468 e. The van der Waals surface area contributed by atoms with E-state index in [1.165, 1.54) is 5.56 Å². The topological polar surface area (TPSA) is 49.2 Å². The smallest absolute Gasteiger partial charge is 0.252 e.